The molecule has 0 radical (unpaired) electrons. The minimum atomic E-state index is -3.59. The Kier molecular flexibility index (Phi) is 6.73. The van der Waals surface area contributed by atoms with Crippen LogP contribution in [-0.2, 0) is 10.0 Å². The molecule has 0 saturated heterocycles. The van der Waals surface area contributed by atoms with Crippen molar-refractivity contribution in [2.24, 2.45) is 5.73 Å². The highest BCUT2D eigenvalue weighted by Crippen LogP contribution is 2.16. The zero-order chi connectivity index (χ0) is 17.7. The van der Waals surface area contributed by atoms with E-state index in [4.69, 9.17) is 5.73 Å². The van der Waals surface area contributed by atoms with Crippen molar-refractivity contribution in [3.8, 4) is 0 Å². The lowest BCUT2D eigenvalue weighted by Crippen LogP contribution is -2.49. The Hall–Kier alpha value is -1.44. The lowest BCUT2D eigenvalue weighted by Gasteiger charge is -2.27. The van der Waals surface area contributed by atoms with Crippen molar-refractivity contribution in [2.45, 2.75) is 51.0 Å². The van der Waals surface area contributed by atoms with Gasteiger partial charge in [0.15, 0.2) is 0 Å². The average molecular weight is 341 g/mol. The summed E-state index contributed by atoms with van der Waals surface area (Å²) >= 11 is 0. The van der Waals surface area contributed by atoms with Gasteiger partial charge in [-0.15, -0.1) is 0 Å². The quantitative estimate of drug-likeness (QED) is 0.667. The molecule has 0 aromatic heterocycles. The van der Waals surface area contributed by atoms with Crippen molar-refractivity contribution in [3.05, 3.63) is 29.3 Å². The number of nitrogens with two attached hydrogens (primary N) is 1. The fourth-order valence-corrected chi connectivity index (χ4v) is 3.20. The topological polar surface area (TPSA) is 101 Å². The Morgan fingerprint density at radius 1 is 1.22 bits per heavy atom. The number of aryl methyl sites for hydroxylation is 1. The van der Waals surface area contributed by atoms with Crippen molar-refractivity contribution >= 4 is 15.9 Å². The SMILES string of the molecule is CCNS(=O)(=O)c1ccc(C)c(C(=O)NCC(N)(CC)CC)c1. The van der Waals surface area contributed by atoms with Crippen molar-refractivity contribution in [1.82, 2.24) is 10.0 Å². The Morgan fingerprint density at radius 2 is 1.83 bits per heavy atom. The number of hydrogen-bond donors (Lipinski definition) is 3. The third kappa shape index (κ3) is 5.02. The van der Waals surface area contributed by atoms with E-state index in [0.29, 0.717) is 24.2 Å². The molecule has 0 bridgehead atoms. The molecule has 23 heavy (non-hydrogen) atoms. The van der Waals surface area contributed by atoms with E-state index in [0.717, 1.165) is 12.8 Å². The lowest BCUT2D eigenvalue weighted by atomic mass is 9.94. The number of rotatable bonds is 8. The van der Waals surface area contributed by atoms with Gasteiger partial charge in [-0.05, 0) is 37.5 Å². The van der Waals surface area contributed by atoms with Crippen molar-refractivity contribution < 1.29 is 13.2 Å². The molecule has 0 aliphatic heterocycles. The van der Waals surface area contributed by atoms with Crippen LogP contribution in [0.15, 0.2) is 23.1 Å². The molecule has 0 unspecified atom stereocenters. The first-order chi connectivity index (χ1) is 10.7. The smallest absolute Gasteiger partial charge is 0.251 e. The van der Waals surface area contributed by atoms with Crippen LogP contribution in [0.2, 0.25) is 0 Å². The average Bonchev–Trinajstić information content (AvgIpc) is 2.52. The molecule has 4 N–H and O–H groups in total. The van der Waals surface area contributed by atoms with Gasteiger partial charge in [-0.2, -0.15) is 0 Å². The number of hydrogen-bond acceptors (Lipinski definition) is 4. The first kappa shape index (κ1) is 19.6. The molecule has 1 aromatic carbocycles. The molecule has 0 saturated carbocycles. The Bertz CT molecular complexity index is 653. The van der Waals surface area contributed by atoms with Gasteiger partial charge in [0.1, 0.15) is 0 Å². The summed E-state index contributed by atoms with van der Waals surface area (Å²) in [6.45, 7) is 8.07. The molecule has 0 fully saturated rings. The van der Waals surface area contributed by atoms with Crippen LogP contribution in [0.25, 0.3) is 0 Å². The van der Waals surface area contributed by atoms with Crippen molar-refractivity contribution in [1.29, 1.82) is 0 Å². The second kappa shape index (κ2) is 7.90. The summed E-state index contributed by atoms with van der Waals surface area (Å²) in [4.78, 5) is 12.5. The minimum Gasteiger partial charge on any atom is -0.350 e. The first-order valence-electron chi connectivity index (χ1n) is 7.86. The maximum atomic E-state index is 12.4. The third-order valence-electron chi connectivity index (χ3n) is 4.11. The van der Waals surface area contributed by atoms with Gasteiger partial charge in [-0.3, -0.25) is 4.79 Å². The van der Waals surface area contributed by atoms with Gasteiger partial charge in [0, 0.05) is 24.2 Å². The molecule has 7 heteroatoms. The van der Waals surface area contributed by atoms with Crippen molar-refractivity contribution in [3.63, 3.8) is 0 Å². The second-order valence-corrected chi connectivity index (χ2v) is 7.50. The van der Waals surface area contributed by atoms with Gasteiger partial charge in [0.25, 0.3) is 5.91 Å². The number of amides is 1. The van der Waals surface area contributed by atoms with Gasteiger partial charge < -0.3 is 11.1 Å². The number of sulfonamides is 1. The Morgan fingerprint density at radius 3 is 2.35 bits per heavy atom. The van der Waals surface area contributed by atoms with Gasteiger partial charge in [0.2, 0.25) is 10.0 Å². The molecular weight excluding hydrogens is 314 g/mol. The van der Waals surface area contributed by atoms with Crippen LogP contribution in [-0.4, -0.2) is 33.0 Å². The maximum absolute atomic E-state index is 12.4. The van der Waals surface area contributed by atoms with E-state index in [1.165, 1.54) is 12.1 Å². The molecule has 0 aliphatic carbocycles. The molecule has 0 spiro atoms. The standard InChI is InChI=1S/C16H27N3O3S/c1-5-16(17,6-2)11-18-15(20)14-10-13(9-8-12(14)4)23(21,22)19-7-3/h8-10,19H,5-7,11,17H2,1-4H3,(H,18,20). The molecule has 130 valence electrons. The first-order valence-corrected chi connectivity index (χ1v) is 9.34. The summed E-state index contributed by atoms with van der Waals surface area (Å²) in [5.74, 6) is -0.312. The van der Waals surface area contributed by atoms with E-state index < -0.39 is 15.6 Å². The predicted molar refractivity (Wildman–Crippen MR) is 91.9 cm³/mol. The number of benzene rings is 1. The van der Waals surface area contributed by atoms with Crippen LogP contribution in [0.1, 0.15) is 49.5 Å². The van der Waals surface area contributed by atoms with E-state index in [1.807, 2.05) is 13.8 Å². The van der Waals surface area contributed by atoms with E-state index in [9.17, 15) is 13.2 Å². The number of nitrogens with one attached hydrogen (secondary N) is 2. The van der Waals surface area contributed by atoms with Crippen LogP contribution < -0.4 is 15.8 Å². The molecule has 1 amide bonds. The normalized spacial score (nSPS) is 12.2. The molecule has 1 rings (SSSR count). The number of carbonyl (C=O) groups is 1. The highest BCUT2D eigenvalue weighted by atomic mass is 32.2. The highest BCUT2D eigenvalue weighted by molar-refractivity contribution is 7.89. The lowest BCUT2D eigenvalue weighted by molar-refractivity contribution is 0.0941. The van der Waals surface area contributed by atoms with E-state index >= 15 is 0 Å². The van der Waals surface area contributed by atoms with E-state index in [1.54, 1.807) is 19.9 Å². The molecule has 0 aliphatic rings. The summed E-state index contributed by atoms with van der Waals surface area (Å²) in [5.41, 5.74) is 6.79. The number of carbonyl (C=O) groups excluding carboxylic acids is 1. The third-order valence-corrected chi connectivity index (χ3v) is 5.65. The van der Waals surface area contributed by atoms with Crippen LogP contribution in [0.4, 0.5) is 0 Å². The molecule has 0 atom stereocenters. The van der Waals surface area contributed by atoms with Gasteiger partial charge in [-0.25, -0.2) is 13.1 Å². The van der Waals surface area contributed by atoms with Crippen LogP contribution in [0.5, 0.6) is 0 Å². The summed E-state index contributed by atoms with van der Waals surface area (Å²) in [6.07, 6.45) is 1.50. The fourth-order valence-electron chi connectivity index (χ4n) is 2.14. The molecule has 0 heterocycles. The summed E-state index contributed by atoms with van der Waals surface area (Å²) < 4.78 is 26.5. The van der Waals surface area contributed by atoms with Crippen molar-refractivity contribution in [2.75, 3.05) is 13.1 Å². The largest absolute Gasteiger partial charge is 0.350 e. The van der Waals surface area contributed by atoms with E-state index in [2.05, 4.69) is 10.0 Å². The Labute approximate surface area is 138 Å². The van der Waals surface area contributed by atoms with Gasteiger partial charge >= 0.3 is 0 Å². The monoisotopic (exact) mass is 341 g/mol. The van der Waals surface area contributed by atoms with Crippen LogP contribution in [0, 0.1) is 6.92 Å². The second-order valence-electron chi connectivity index (χ2n) is 5.73. The summed E-state index contributed by atoms with van der Waals surface area (Å²) in [7, 11) is -3.59. The summed E-state index contributed by atoms with van der Waals surface area (Å²) in [6, 6.07) is 4.53. The summed E-state index contributed by atoms with van der Waals surface area (Å²) in [5, 5.41) is 2.81. The Balaban J connectivity index is 3.02. The zero-order valence-corrected chi connectivity index (χ0v) is 15.1. The highest BCUT2D eigenvalue weighted by Gasteiger charge is 2.22. The maximum Gasteiger partial charge on any atom is 0.251 e. The molecular formula is C16H27N3O3S. The van der Waals surface area contributed by atoms with Crippen LogP contribution in [0.3, 0.4) is 0 Å². The predicted octanol–water partition coefficient (Wildman–Crippen LogP) is 1.54. The van der Waals surface area contributed by atoms with Crippen LogP contribution >= 0.6 is 0 Å². The molecule has 1 aromatic rings. The zero-order valence-electron chi connectivity index (χ0n) is 14.3. The minimum absolute atomic E-state index is 0.0834. The molecule has 6 nitrogen and oxygen atoms in total. The fraction of sp³-hybridized carbons (Fsp3) is 0.562. The van der Waals surface area contributed by atoms with E-state index in [-0.39, 0.29) is 10.8 Å². The van der Waals surface area contributed by atoms with Gasteiger partial charge in [-0.1, -0.05) is 26.8 Å². The van der Waals surface area contributed by atoms with Gasteiger partial charge in [0.05, 0.1) is 4.90 Å².